The predicted molar refractivity (Wildman–Crippen MR) is 84.5 cm³/mol. The van der Waals surface area contributed by atoms with Gasteiger partial charge in [0.1, 0.15) is 6.04 Å². The minimum absolute atomic E-state index is 0.0928. The Morgan fingerprint density at radius 3 is 2.76 bits per heavy atom. The van der Waals surface area contributed by atoms with Gasteiger partial charge in [0.25, 0.3) is 5.91 Å². The molecule has 0 spiro atoms. The Balaban J connectivity index is 2.22. The molecule has 1 aromatic carbocycles. The third kappa shape index (κ3) is 3.38. The molecule has 0 saturated heterocycles. The van der Waals surface area contributed by atoms with Crippen LogP contribution < -0.4 is 10.2 Å². The normalized spacial score (nSPS) is 17.0. The van der Waals surface area contributed by atoms with Crippen molar-refractivity contribution in [2.75, 3.05) is 11.4 Å². The van der Waals surface area contributed by atoms with E-state index in [9.17, 15) is 9.59 Å². The number of carbonyl (C=O) groups excluding carboxylic acids is 2. The second-order valence-electron chi connectivity index (χ2n) is 5.36. The van der Waals surface area contributed by atoms with Crippen LogP contribution in [0.4, 0.5) is 5.69 Å². The summed E-state index contributed by atoms with van der Waals surface area (Å²) in [6.07, 6.45) is 4.34. The highest BCUT2D eigenvalue weighted by Gasteiger charge is 2.38. The van der Waals surface area contributed by atoms with Crippen molar-refractivity contribution in [3.05, 3.63) is 28.8 Å². The summed E-state index contributed by atoms with van der Waals surface area (Å²) in [5.41, 5.74) is 1.54. The van der Waals surface area contributed by atoms with Gasteiger partial charge in [-0.1, -0.05) is 49.9 Å². The molecule has 2 amide bonds. The minimum Gasteiger partial charge on any atom is -0.341 e. The number of halogens is 1. The fourth-order valence-corrected chi connectivity index (χ4v) is 2.99. The van der Waals surface area contributed by atoms with E-state index in [1.165, 1.54) is 6.92 Å². The van der Waals surface area contributed by atoms with Crippen LogP contribution in [0.25, 0.3) is 0 Å². The standard InChI is InChI=1S/C16H21ClN2O2/c1-3-4-5-6-10-19-15-12(8-7-9-13(15)17)14(16(19)21)18-11(2)20/h7-9,14H,3-6,10H2,1-2H3,(H,18,20)/t14-/m1/s1. The monoisotopic (exact) mass is 308 g/mol. The molecule has 1 aromatic rings. The van der Waals surface area contributed by atoms with Gasteiger partial charge in [-0.25, -0.2) is 0 Å². The maximum atomic E-state index is 12.6. The SMILES string of the molecule is CCCCCCN1C(=O)[C@H](NC(C)=O)c2cccc(Cl)c21. The molecule has 5 heteroatoms. The molecule has 0 saturated carbocycles. The molecule has 1 heterocycles. The number of hydrogen-bond acceptors (Lipinski definition) is 2. The highest BCUT2D eigenvalue weighted by molar-refractivity contribution is 6.34. The quantitative estimate of drug-likeness (QED) is 0.818. The van der Waals surface area contributed by atoms with E-state index >= 15 is 0 Å². The van der Waals surface area contributed by atoms with Gasteiger partial charge in [0.15, 0.2) is 0 Å². The molecular formula is C16H21ClN2O2. The first kappa shape index (κ1) is 15.8. The maximum absolute atomic E-state index is 12.6. The second kappa shape index (κ2) is 6.94. The lowest BCUT2D eigenvalue weighted by atomic mass is 10.1. The smallest absolute Gasteiger partial charge is 0.254 e. The largest absolute Gasteiger partial charge is 0.341 e. The molecule has 0 fully saturated rings. The minimum atomic E-state index is -0.609. The lowest BCUT2D eigenvalue weighted by molar-refractivity contribution is -0.126. The maximum Gasteiger partial charge on any atom is 0.254 e. The van der Waals surface area contributed by atoms with Crippen molar-refractivity contribution in [2.45, 2.75) is 45.6 Å². The number of carbonyl (C=O) groups is 2. The first-order chi connectivity index (χ1) is 10.1. The highest BCUT2D eigenvalue weighted by Crippen LogP contribution is 2.41. The Bertz CT molecular complexity index is 545. The van der Waals surface area contributed by atoms with Crippen LogP contribution in [0.5, 0.6) is 0 Å². The Morgan fingerprint density at radius 2 is 2.10 bits per heavy atom. The molecule has 1 atom stereocenters. The van der Waals surface area contributed by atoms with Crippen LogP contribution in [0.3, 0.4) is 0 Å². The molecule has 0 aliphatic carbocycles. The van der Waals surface area contributed by atoms with Crippen LogP contribution in [0.2, 0.25) is 5.02 Å². The number of anilines is 1. The third-order valence-electron chi connectivity index (χ3n) is 3.69. The van der Waals surface area contributed by atoms with E-state index in [1.54, 1.807) is 11.0 Å². The van der Waals surface area contributed by atoms with Gasteiger partial charge in [-0.3, -0.25) is 9.59 Å². The van der Waals surface area contributed by atoms with Crippen LogP contribution in [-0.2, 0) is 9.59 Å². The molecule has 1 aliphatic rings. The van der Waals surface area contributed by atoms with Crippen molar-refractivity contribution in [1.29, 1.82) is 0 Å². The van der Waals surface area contributed by atoms with Gasteiger partial charge in [0.05, 0.1) is 10.7 Å². The first-order valence-electron chi connectivity index (χ1n) is 7.43. The fraction of sp³-hybridized carbons (Fsp3) is 0.500. The molecule has 1 aliphatic heterocycles. The fourth-order valence-electron chi connectivity index (χ4n) is 2.71. The van der Waals surface area contributed by atoms with Gasteiger partial charge in [-0.15, -0.1) is 0 Å². The summed E-state index contributed by atoms with van der Waals surface area (Å²) in [4.78, 5) is 25.6. The number of hydrogen-bond donors (Lipinski definition) is 1. The van der Waals surface area contributed by atoms with Crippen molar-refractivity contribution in [3.8, 4) is 0 Å². The zero-order valence-corrected chi connectivity index (χ0v) is 13.2. The van der Waals surface area contributed by atoms with Gasteiger partial charge in [-0.2, -0.15) is 0 Å². The van der Waals surface area contributed by atoms with Crippen LogP contribution in [-0.4, -0.2) is 18.4 Å². The predicted octanol–water partition coefficient (Wildman–Crippen LogP) is 3.44. The summed E-state index contributed by atoms with van der Waals surface area (Å²) in [5.74, 6) is -0.308. The van der Waals surface area contributed by atoms with E-state index in [-0.39, 0.29) is 11.8 Å². The third-order valence-corrected chi connectivity index (χ3v) is 4.00. The first-order valence-corrected chi connectivity index (χ1v) is 7.81. The van der Waals surface area contributed by atoms with Crippen molar-refractivity contribution in [2.24, 2.45) is 0 Å². The molecular weight excluding hydrogens is 288 g/mol. The van der Waals surface area contributed by atoms with Crippen molar-refractivity contribution in [1.82, 2.24) is 5.32 Å². The molecule has 0 bridgehead atoms. The Morgan fingerprint density at radius 1 is 1.33 bits per heavy atom. The van der Waals surface area contributed by atoms with Gasteiger partial charge in [0.2, 0.25) is 5.91 Å². The van der Waals surface area contributed by atoms with Gasteiger partial charge < -0.3 is 10.2 Å². The zero-order valence-electron chi connectivity index (χ0n) is 12.5. The van der Waals surface area contributed by atoms with E-state index in [0.29, 0.717) is 11.6 Å². The van der Waals surface area contributed by atoms with Gasteiger partial charge in [-0.05, 0) is 12.5 Å². The molecule has 114 valence electrons. The number of fused-ring (bicyclic) bond motifs is 1. The summed E-state index contributed by atoms with van der Waals surface area (Å²) in [6.45, 7) is 4.22. The van der Waals surface area contributed by atoms with Crippen molar-refractivity contribution in [3.63, 3.8) is 0 Å². The topological polar surface area (TPSA) is 49.4 Å². The molecule has 0 unspecified atom stereocenters. The van der Waals surface area contributed by atoms with Gasteiger partial charge >= 0.3 is 0 Å². The lowest BCUT2D eigenvalue weighted by Crippen LogP contribution is -2.37. The molecule has 1 N–H and O–H groups in total. The molecule has 21 heavy (non-hydrogen) atoms. The molecule has 0 radical (unpaired) electrons. The zero-order chi connectivity index (χ0) is 15.4. The number of nitrogens with one attached hydrogen (secondary N) is 1. The number of benzene rings is 1. The Labute approximate surface area is 130 Å². The van der Waals surface area contributed by atoms with Crippen molar-refractivity contribution >= 4 is 29.1 Å². The summed E-state index contributed by atoms with van der Waals surface area (Å²) in [6, 6.07) is 4.83. The van der Waals surface area contributed by atoms with Crippen molar-refractivity contribution < 1.29 is 9.59 Å². The average Bonchev–Trinajstić information content (AvgIpc) is 2.70. The summed E-state index contributed by atoms with van der Waals surface area (Å²) in [5, 5.41) is 3.28. The van der Waals surface area contributed by atoms with E-state index in [1.807, 2.05) is 12.1 Å². The number of rotatable bonds is 6. The summed E-state index contributed by atoms with van der Waals surface area (Å²) >= 11 is 6.27. The van der Waals surface area contributed by atoms with Crippen LogP contribution >= 0.6 is 11.6 Å². The second-order valence-corrected chi connectivity index (χ2v) is 5.77. The average molecular weight is 309 g/mol. The van der Waals surface area contributed by atoms with Crippen LogP contribution in [0.1, 0.15) is 51.1 Å². The Kier molecular flexibility index (Phi) is 5.23. The van der Waals surface area contributed by atoms with Gasteiger partial charge in [0, 0.05) is 19.0 Å². The lowest BCUT2D eigenvalue weighted by Gasteiger charge is -2.18. The molecule has 0 aromatic heterocycles. The number of amides is 2. The van der Waals surface area contributed by atoms with Crippen LogP contribution in [0, 0.1) is 0 Å². The molecule has 4 nitrogen and oxygen atoms in total. The molecule has 2 rings (SSSR count). The number of unbranched alkanes of at least 4 members (excludes halogenated alkanes) is 3. The number of nitrogens with zero attached hydrogens (tertiary/aromatic N) is 1. The van der Waals surface area contributed by atoms with Crippen LogP contribution in [0.15, 0.2) is 18.2 Å². The van der Waals surface area contributed by atoms with E-state index in [2.05, 4.69) is 12.2 Å². The Hall–Kier alpha value is -1.55. The van der Waals surface area contributed by atoms with E-state index < -0.39 is 6.04 Å². The van der Waals surface area contributed by atoms with E-state index in [4.69, 9.17) is 11.6 Å². The highest BCUT2D eigenvalue weighted by atomic mass is 35.5. The van der Waals surface area contributed by atoms with E-state index in [0.717, 1.165) is 36.9 Å². The number of para-hydroxylation sites is 1. The summed E-state index contributed by atoms with van der Waals surface area (Å²) in [7, 11) is 0. The summed E-state index contributed by atoms with van der Waals surface area (Å²) < 4.78 is 0.